The van der Waals surface area contributed by atoms with Gasteiger partial charge in [-0.1, -0.05) is 15.9 Å². The molecule has 0 aliphatic rings. The number of thioether (sulfide) groups is 1. The number of rotatable bonds is 5. The number of furan rings is 1. The molecule has 3 nitrogen and oxygen atoms in total. The first-order valence-corrected chi connectivity index (χ1v) is 6.62. The average molecular weight is 314 g/mol. The average Bonchev–Trinajstić information content (AvgIpc) is 2.63. The number of hydrogen-bond acceptors (Lipinski definition) is 4. The number of halogens is 2. The molecular formula is C9H10BrClO3S. The molecule has 1 aromatic heterocycles. The zero-order chi connectivity index (χ0) is 11.3. The smallest absolute Gasteiger partial charge is 0.320 e. The van der Waals surface area contributed by atoms with Gasteiger partial charge in [0.25, 0.3) is 0 Å². The van der Waals surface area contributed by atoms with Gasteiger partial charge in [0.1, 0.15) is 10.6 Å². The van der Waals surface area contributed by atoms with Gasteiger partial charge in [-0.05, 0) is 23.7 Å². The van der Waals surface area contributed by atoms with Crippen LogP contribution in [0.5, 0.6) is 0 Å². The van der Waals surface area contributed by atoms with Crippen LogP contribution in [0, 0.1) is 0 Å². The summed E-state index contributed by atoms with van der Waals surface area (Å²) >= 11 is 10.4. The molecule has 1 rings (SSSR count). The van der Waals surface area contributed by atoms with Gasteiger partial charge in [0.2, 0.25) is 0 Å². The summed E-state index contributed by atoms with van der Waals surface area (Å²) in [7, 11) is 1.37. The van der Waals surface area contributed by atoms with Crippen LogP contribution in [-0.2, 0) is 15.3 Å². The van der Waals surface area contributed by atoms with Gasteiger partial charge in [-0.15, -0.1) is 0 Å². The highest BCUT2D eigenvalue weighted by atomic mass is 79.9. The molecule has 0 saturated carbocycles. The van der Waals surface area contributed by atoms with E-state index >= 15 is 0 Å². The Morgan fingerprint density at radius 1 is 1.73 bits per heavy atom. The Kier molecular flexibility index (Phi) is 5.56. The summed E-state index contributed by atoms with van der Waals surface area (Å²) in [5.41, 5.74) is 0. The van der Waals surface area contributed by atoms with Crippen molar-refractivity contribution in [2.24, 2.45) is 0 Å². The van der Waals surface area contributed by atoms with Gasteiger partial charge in [-0.3, -0.25) is 4.79 Å². The van der Waals surface area contributed by atoms with E-state index in [1.807, 2.05) is 6.07 Å². The van der Waals surface area contributed by atoms with Crippen molar-refractivity contribution in [1.29, 1.82) is 0 Å². The molecule has 0 radical (unpaired) electrons. The van der Waals surface area contributed by atoms with E-state index in [2.05, 4.69) is 20.7 Å². The van der Waals surface area contributed by atoms with Gasteiger partial charge in [0.05, 0.1) is 12.9 Å². The maximum Gasteiger partial charge on any atom is 0.320 e. The monoisotopic (exact) mass is 312 g/mol. The predicted octanol–water partition coefficient (Wildman–Crippen LogP) is 3.10. The van der Waals surface area contributed by atoms with Crippen LogP contribution in [0.3, 0.4) is 0 Å². The zero-order valence-corrected chi connectivity index (χ0v) is 11.2. The number of hydrogen-bond donors (Lipinski definition) is 0. The molecule has 0 fully saturated rings. The summed E-state index contributed by atoms with van der Waals surface area (Å²) in [4.78, 5) is 10.8. The van der Waals surface area contributed by atoms with Crippen LogP contribution in [0.1, 0.15) is 5.76 Å². The molecule has 1 atom stereocenters. The van der Waals surface area contributed by atoms with Crippen molar-refractivity contribution in [3.63, 3.8) is 0 Å². The fourth-order valence-corrected chi connectivity index (χ4v) is 2.62. The highest BCUT2D eigenvalue weighted by Gasteiger charge is 2.15. The highest BCUT2D eigenvalue weighted by Crippen LogP contribution is 2.20. The second-order valence-corrected chi connectivity index (χ2v) is 5.22. The first kappa shape index (κ1) is 12.9. The van der Waals surface area contributed by atoms with Crippen molar-refractivity contribution >= 4 is 45.3 Å². The molecule has 0 aromatic carbocycles. The minimum absolute atomic E-state index is 0.264. The lowest BCUT2D eigenvalue weighted by Gasteiger charge is -2.05. The van der Waals surface area contributed by atoms with Crippen LogP contribution in [0.2, 0.25) is 5.22 Å². The quantitative estimate of drug-likeness (QED) is 0.618. The molecule has 0 saturated heterocycles. The predicted molar refractivity (Wildman–Crippen MR) is 64.6 cm³/mol. The van der Waals surface area contributed by atoms with E-state index in [1.54, 1.807) is 17.8 Å². The summed E-state index contributed by atoms with van der Waals surface area (Å²) in [5, 5.41) is 0.383. The molecule has 0 amide bonds. The standard InChI is InChI=1S/C9H10BrClO3S/c1-13-9(12)7(10)5-15-4-6-2-3-8(11)14-6/h2-3,7H,4-5H2,1H3. The number of carbonyl (C=O) groups excluding carboxylic acids is 1. The van der Waals surface area contributed by atoms with Crippen LogP contribution in [-0.4, -0.2) is 23.7 Å². The van der Waals surface area contributed by atoms with Crippen molar-refractivity contribution in [1.82, 2.24) is 0 Å². The normalized spacial score (nSPS) is 12.5. The molecule has 15 heavy (non-hydrogen) atoms. The summed E-state index contributed by atoms with van der Waals surface area (Å²) < 4.78 is 9.74. The zero-order valence-electron chi connectivity index (χ0n) is 8.04. The molecule has 6 heteroatoms. The Hall–Kier alpha value is -0.130. The number of esters is 1. The summed E-state index contributed by atoms with van der Waals surface area (Å²) in [6.07, 6.45) is 0. The van der Waals surface area contributed by atoms with Gasteiger partial charge in [0.15, 0.2) is 5.22 Å². The Labute approximate surface area is 106 Å². The fraction of sp³-hybridized carbons (Fsp3) is 0.444. The number of alkyl halides is 1. The number of methoxy groups -OCH3 is 1. The van der Waals surface area contributed by atoms with Gasteiger partial charge in [-0.25, -0.2) is 0 Å². The Morgan fingerprint density at radius 2 is 2.47 bits per heavy atom. The number of ether oxygens (including phenoxy) is 1. The van der Waals surface area contributed by atoms with Crippen molar-refractivity contribution in [2.75, 3.05) is 12.9 Å². The van der Waals surface area contributed by atoms with Crippen molar-refractivity contribution in [2.45, 2.75) is 10.6 Å². The molecule has 0 aliphatic carbocycles. The maximum absolute atomic E-state index is 11.0. The molecule has 1 aromatic rings. The number of carbonyl (C=O) groups is 1. The minimum Gasteiger partial charge on any atom is -0.468 e. The fourth-order valence-electron chi connectivity index (χ4n) is 0.888. The van der Waals surface area contributed by atoms with E-state index in [4.69, 9.17) is 16.0 Å². The third kappa shape index (κ3) is 4.49. The van der Waals surface area contributed by atoms with Crippen LogP contribution in [0.15, 0.2) is 16.5 Å². The second kappa shape index (κ2) is 6.45. The SMILES string of the molecule is COC(=O)C(Br)CSCc1ccc(Cl)o1. The largest absolute Gasteiger partial charge is 0.468 e. The van der Waals surface area contributed by atoms with E-state index in [1.165, 1.54) is 7.11 Å². The molecule has 84 valence electrons. The first-order valence-electron chi connectivity index (χ1n) is 4.17. The van der Waals surface area contributed by atoms with Crippen molar-refractivity contribution < 1.29 is 13.9 Å². The van der Waals surface area contributed by atoms with Crippen LogP contribution in [0.25, 0.3) is 0 Å². The van der Waals surface area contributed by atoms with Crippen molar-refractivity contribution in [3.8, 4) is 0 Å². The van der Waals surface area contributed by atoms with E-state index in [-0.39, 0.29) is 10.8 Å². The van der Waals surface area contributed by atoms with E-state index in [9.17, 15) is 4.79 Å². The van der Waals surface area contributed by atoms with Crippen molar-refractivity contribution in [3.05, 3.63) is 23.1 Å². The van der Waals surface area contributed by atoms with Gasteiger partial charge >= 0.3 is 5.97 Å². The lowest BCUT2D eigenvalue weighted by atomic mass is 10.5. The molecule has 1 unspecified atom stereocenters. The molecular weight excluding hydrogens is 304 g/mol. The van der Waals surface area contributed by atoms with Gasteiger partial charge in [-0.2, -0.15) is 11.8 Å². The van der Waals surface area contributed by atoms with Crippen LogP contribution in [0.4, 0.5) is 0 Å². The van der Waals surface area contributed by atoms with E-state index in [0.29, 0.717) is 16.7 Å². The van der Waals surface area contributed by atoms with Crippen LogP contribution < -0.4 is 0 Å². The van der Waals surface area contributed by atoms with Gasteiger partial charge in [0, 0.05) is 5.75 Å². The second-order valence-electron chi connectivity index (χ2n) is 2.71. The lowest BCUT2D eigenvalue weighted by molar-refractivity contribution is -0.139. The maximum atomic E-state index is 11.0. The molecule has 0 aliphatic heterocycles. The summed E-state index contributed by atoms with van der Waals surface area (Å²) in [5.74, 6) is 1.85. The summed E-state index contributed by atoms with van der Waals surface area (Å²) in [6.45, 7) is 0. The Morgan fingerprint density at radius 3 is 3.00 bits per heavy atom. The van der Waals surface area contributed by atoms with E-state index in [0.717, 1.165) is 5.76 Å². The van der Waals surface area contributed by atoms with Crippen LogP contribution >= 0.6 is 39.3 Å². The van der Waals surface area contributed by atoms with Gasteiger partial charge < -0.3 is 9.15 Å². The highest BCUT2D eigenvalue weighted by molar-refractivity contribution is 9.10. The lowest BCUT2D eigenvalue weighted by Crippen LogP contribution is -2.17. The molecule has 0 N–H and O–H groups in total. The van der Waals surface area contributed by atoms with E-state index < -0.39 is 0 Å². The molecule has 0 bridgehead atoms. The minimum atomic E-state index is -0.280. The molecule has 0 spiro atoms. The topological polar surface area (TPSA) is 39.4 Å². The third-order valence-electron chi connectivity index (χ3n) is 1.59. The summed E-state index contributed by atoms with van der Waals surface area (Å²) in [6, 6.07) is 3.51. The molecule has 1 heterocycles. The third-order valence-corrected chi connectivity index (χ3v) is 3.98. The Bertz CT molecular complexity index is 329. The Balaban J connectivity index is 2.24. The first-order chi connectivity index (χ1) is 7.13.